The number of carbonyl (C=O) groups excluding carboxylic acids is 1. The molecule has 0 spiro atoms. The Morgan fingerprint density at radius 2 is 1.85 bits per heavy atom. The largest absolute Gasteiger partial charge is 0.463 e. The summed E-state index contributed by atoms with van der Waals surface area (Å²) in [5, 5.41) is 0. The number of ether oxygens (including phenoxy) is 2. The smallest absolute Gasteiger partial charge is 0.387 e. The van der Waals surface area contributed by atoms with Crippen LogP contribution in [0.2, 0.25) is 0 Å². The second-order valence-corrected chi connectivity index (χ2v) is 8.31. The Morgan fingerprint density at radius 3 is 2.47 bits per heavy atom. The van der Waals surface area contributed by atoms with Gasteiger partial charge in [0.2, 0.25) is 0 Å². The second kappa shape index (κ2) is 9.68. The zero-order valence-electron chi connectivity index (χ0n) is 18.1. The number of hydrogen-bond acceptors (Lipinski definition) is 6. The number of hydrogen-bond donors (Lipinski definition) is 0. The minimum Gasteiger partial charge on any atom is -0.463 e. The Kier molecular flexibility index (Phi) is 6.69. The first-order valence-electron chi connectivity index (χ1n) is 10.3. The molecule has 4 rings (SSSR count). The first kappa shape index (κ1) is 23.5. The van der Waals surface area contributed by atoms with Crippen LogP contribution in [0, 0.1) is 5.82 Å². The highest BCUT2D eigenvalue weighted by atomic mass is 32.1. The monoisotopic (exact) mass is 488 g/mol. The van der Waals surface area contributed by atoms with E-state index in [0.717, 1.165) is 11.3 Å². The van der Waals surface area contributed by atoms with Crippen LogP contribution >= 0.6 is 11.3 Å². The van der Waals surface area contributed by atoms with Crippen molar-refractivity contribution in [2.75, 3.05) is 6.61 Å². The van der Waals surface area contributed by atoms with E-state index in [4.69, 9.17) is 4.74 Å². The lowest BCUT2D eigenvalue weighted by Crippen LogP contribution is -2.39. The van der Waals surface area contributed by atoms with Crippen LogP contribution in [-0.2, 0) is 9.53 Å². The number of allylic oxidation sites excluding steroid dienone is 1. The number of carbonyl (C=O) groups is 1. The zero-order valence-corrected chi connectivity index (χ0v) is 18.9. The fraction of sp³-hybridized carbons (Fsp3) is 0.208. The van der Waals surface area contributed by atoms with Gasteiger partial charge in [-0.2, -0.15) is 8.78 Å². The average Bonchev–Trinajstić information content (AvgIpc) is 3.09. The van der Waals surface area contributed by atoms with Gasteiger partial charge < -0.3 is 9.47 Å². The molecule has 1 atom stereocenters. The Morgan fingerprint density at radius 1 is 1.18 bits per heavy atom. The number of rotatable bonds is 6. The van der Waals surface area contributed by atoms with Crippen molar-refractivity contribution in [1.82, 2.24) is 4.57 Å². The van der Waals surface area contributed by atoms with Gasteiger partial charge in [-0.05, 0) is 55.3 Å². The summed E-state index contributed by atoms with van der Waals surface area (Å²) in [5.74, 6) is -1.06. The van der Waals surface area contributed by atoms with E-state index >= 15 is 0 Å². The maximum Gasteiger partial charge on any atom is 0.387 e. The predicted molar refractivity (Wildman–Crippen MR) is 120 cm³/mol. The zero-order chi connectivity index (χ0) is 24.4. The number of fused-ring (bicyclic) bond motifs is 1. The molecule has 0 fully saturated rings. The molecule has 1 aliphatic heterocycles. The van der Waals surface area contributed by atoms with Gasteiger partial charge >= 0.3 is 12.6 Å². The topological polar surface area (TPSA) is 69.9 Å². The van der Waals surface area contributed by atoms with E-state index in [1.807, 2.05) is 0 Å². The van der Waals surface area contributed by atoms with Crippen LogP contribution in [0.4, 0.5) is 13.2 Å². The van der Waals surface area contributed by atoms with Crippen molar-refractivity contribution in [2.24, 2.45) is 4.99 Å². The highest BCUT2D eigenvalue weighted by Crippen LogP contribution is 2.30. The predicted octanol–water partition coefficient (Wildman–Crippen LogP) is 3.54. The summed E-state index contributed by atoms with van der Waals surface area (Å²) in [7, 11) is 0. The summed E-state index contributed by atoms with van der Waals surface area (Å²) in [6.07, 6.45) is 1.60. The van der Waals surface area contributed by atoms with E-state index in [1.54, 1.807) is 32.1 Å². The molecule has 0 saturated heterocycles. The van der Waals surface area contributed by atoms with Crippen molar-refractivity contribution in [3.8, 4) is 5.75 Å². The van der Waals surface area contributed by atoms with Crippen molar-refractivity contribution >= 4 is 23.4 Å². The van der Waals surface area contributed by atoms with E-state index in [0.29, 0.717) is 26.2 Å². The first-order chi connectivity index (χ1) is 16.3. The Hall–Kier alpha value is -3.66. The molecular weight excluding hydrogens is 469 g/mol. The summed E-state index contributed by atoms with van der Waals surface area (Å²) in [6, 6.07) is 10.5. The lowest BCUT2D eigenvalue weighted by molar-refractivity contribution is -0.139. The van der Waals surface area contributed by atoms with E-state index in [1.165, 1.54) is 41.0 Å². The molecule has 2 aromatic carbocycles. The third-order valence-corrected chi connectivity index (χ3v) is 6.09. The van der Waals surface area contributed by atoms with Crippen LogP contribution in [0.3, 0.4) is 0 Å². The Labute approximate surface area is 195 Å². The number of aromatic nitrogens is 1. The molecule has 176 valence electrons. The summed E-state index contributed by atoms with van der Waals surface area (Å²) in [4.78, 5) is 31.0. The van der Waals surface area contributed by atoms with Gasteiger partial charge in [-0.15, -0.1) is 0 Å². The number of nitrogens with zero attached hydrogens (tertiary/aromatic N) is 2. The molecule has 0 saturated carbocycles. The van der Waals surface area contributed by atoms with Gasteiger partial charge in [0.1, 0.15) is 11.6 Å². The van der Waals surface area contributed by atoms with E-state index in [2.05, 4.69) is 9.73 Å². The fourth-order valence-electron chi connectivity index (χ4n) is 3.65. The third-order valence-electron chi connectivity index (χ3n) is 5.11. The van der Waals surface area contributed by atoms with E-state index in [-0.39, 0.29) is 17.9 Å². The van der Waals surface area contributed by atoms with Crippen molar-refractivity contribution in [3.63, 3.8) is 0 Å². The molecule has 1 aromatic heterocycles. The molecule has 0 amide bonds. The molecular formula is C24H19F3N2O4S. The van der Waals surface area contributed by atoms with Gasteiger partial charge in [-0.1, -0.05) is 35.6 Å². The van der Waals surface area contributed by atoms with Crippen molar-refractivity contribution in [2.45, 2.75) is 26.5 Å². The summed E-state index contributed by atoms with van der Waals surface area (Å²) >= 11 is 1.12. The Bertz CT molecular complexity index is 1420. The van der Waals surface area contributed by atoms with Crippen molar-refractivity contribution in [1.29, 1.82) is 0 Å². The average molecular weight is 488 g/mol. The number of benzene rings is 2. The molecule has 6 nitrogen and oxygen atoms in total. The molecule has 10 heteroatoms. The fourth-order valence-corrected chi connectivity index (χ4v) is 4.70. The lowest BCUT2D eigenvalue weighted by Gasteiger charge is -2.24. The van der Waals surface area contributed by atoms with Crippen molar-refractivity contribution < 1.29 is 27.4 Å². The van der Waals surface area contributed by atoms with E-state index < -0.39 is 30.0 Å². The Balaban J connectivity index is 1.85. The van der Waals surface area contributed by atoms with Gasteiger partial charge in [0.25, 0.3) is 5.56 Å². The van der Waals surface area contributed by atoms with Gasteiger partial charge in [-0.25, -0.2) is 14.2 Å². The van der Waals surface area contributed by atoms with Crippen LogP contribution in [-0.4, -0.2) is 23.8 Å². The summed E-state index contributed by atoms with van der Waals surface area (Å²) in [5.41, 5.74) is 1.31. The van der Waals surface area contributed by atoms with Gasteiger partial charge in [0, 0.05) is 0 Å². The van der Waals surface area contributed by atoms with Crippen LogP contribution in [0.1, 0.15) is 31.0 Å². The first-order valence-corrected chi connectivity index (χ1v) is 11.1. The molecule has 0 unspecified atom stereocenters. The van der Waals surface area contributed by atoms with Crippen LogP contribution in [0.15, 0.2) is 69.6 Å². The summed E-state index contributed by atoms with van der Waals surface area (Å²) < 4.78 is 49.6. The quantitative estimate of drug-likeness (QED) is 0.498. The molecule has 0 aliphatic carbocycles. The van der Waals surface area contributed by atoms with Gasteiger partial charge in [0.05, 0.1) is 28.5 Å². The number of halogens is 3. The maximum absolute atomic E-state index is 13.6. The highest BCUT2D eigenvalue weighted by Gasteiger charge is 2.33. The SMILES string of the molecule is CCOC(=O)C1=C(C)N=c2s/c(=C\c3ccc(OC(F)F)cc3)c(=O)n2[C@@H]1c1ccc(F)cc1. The molecule has 34 heavy (non-hydrogen) atoms. The molecule has 0 radical (unpaired) electrons. The van der Waals surface area contributed by atoms with E-state index in [9.17, 15) is 22.8 Å². The van der Waals surface area contributed by atoms with Crippen LogP contribution in [0.5, 0.6) is 5.75 Å². The van der Waals surface area contributed by atoms with Crippen molar-refractivity contribution in [3.05, 3.63) is 96.4 Å². The standard InChI is InChI=1S/C24H19F3N2O4S/c1-3-32-22(31)19-13(2)28-24-29(20(19)15-6-8-16(25)9-7-15)21(30)18(34-24)12-14-4-10-17(11-5-14)33-23(26)27/h4-12,20,23H,3H2,1-2H3/b18-12-/t20-/m1/s1. The minimum absolute atomic E-state index is 0.000349. The second-order valence-electron chi connectivity index (χ2n) is 7.30. The number of thiazole rings is 1. The summed E-state index contributed by atoms with van der Waals surface area (Å²) in [6.45, 7) is 0.536. The van der Waals surface area contributed by atoms with Gasteiger partial charge in [0.15, 0.2) is 4.80 Å². The lowest BCUT2D eigenvalue weighted by atomic mass is 9.96. The molecule has 0 N–H and O–H groups in total. The van der Waals surface area contributed by atoms with Crippen LogP contribution < -0.4 is 19.6 Å². The molecule has 0 bridgehead atoms. The van der Waals surface area contributed by atoms with Crippen LogP contribution in [0.25, 0.3) is 6.08 Å². The molecule has 3 aromatic rings. The number of alkyl halides is 2. The van der Waals surface area contributed by atoms with Gasteiger partial charge in [-0.3, -0.25) is 9.36 Å². The minimum atomic E-state index is -2.93. The number of esters is 1. The molecule has 1 aliphatic rings. The normalized spacial score (nSPS) is 15.8. The molecule has 2 heterocycles. The maximum atomic E-state index is 13.6. The third kappa shape index (κ3) is 4.67. The highest BCUT2D eigenvalue weighted by molar-refractivity contribution is 7.07.